The summed E-state index contributed by atoms with van der Waals surface area (Å²) in [7, 11) is 0. The molecule has 2 aliphatic rings. The Morgan fingerprint density at radius 3 is 2.33 bits per heavy atom. The van der Waals surface area contributed by atoms with Crippen LogP contribution in [0, 0.1) is 0 Å². The van der Waals surface area contributed by atoms with Gasteiger partial charge in [0.15, 0.2) is 11.5 Å². The summed E-state index contributed by atoms with van der Waals surface area (Å²) in [5.41, 5.74) is 1.33. The third-order valence-corrected chi connectivity index (χ3v) is 6.85. The first-order chi connectivity index (χ1) is 19.1. The van der Waals surface area contributed by atoms with Gasteiger partial charge in [0.1, 0.15) is 18.5 Å². The van der Waals surface area contributed by atoms with Crippen LogP contribution in [0.4, 0.5) is 0 Å². The van der Waals surface area contributed by atoms with E-state index in [-0.39, 0.29) is 18.3 Å². The molecular weight excluding hydrogens is 494 g/mol. The van der Waals surface area contributed by atoms with E-state index in [1.807, 2.05) is 42.2 Å². The van der Waals surface area contributed by atoms with Gasteiger partial charge in [-0.05, 0) is 94.4 Å². The number of carbonyl (C=O) groups is 1. The highest BCUT2D eigenvalue weighted by molar-refractivity contribution is 5.97. The van der Waals surface area contributed by atoms with Crippen LogP contribution in [0.5, 0.6) is 17.2 Å². The van der Waals surface area contributed by atoms with Crippen molar-refractivity contribution in [3.8, 4) is 17.2 Å². The van der Waals surface area contributed by atoms with Crippen molar-refractivity contribution in [3.63, 3.8) is 0 Å². The number of piperidine rings is 2. The van der Waals surface area contributed by atoms with Gasteiger partial charge in [-0.3, -0.25) is 4.79 Å². The maximum Gasteiger partial charge on any atom is 0.257 e. The Hall–Kier alpha value is -2.81. The fourth-order valence-electron chi connectivity index (χ4n) is 4.63. The van der Waals surface area contributed by atoms with Crippen LogP contribution in [0.1, 0.15) is 67.8 Å². The van der Waals surface area contributed by atoms with Crippen LogP contribution in [-0.4, -0.2) is 79.6 Å². The molecule has 2 aromatic rings. The Kier molecular flexibility index (Phi) is 14.0. The summed E-state index contributed by atoms with van der Waals surface area (Å²) in [6.07, 6.45) is 8.32. The standard InChI is InChI=1S/C26H36N2O5.C5H11N/c1-2-16-32-24-8-4-5-9-25(24)33-19-21(29)18-27-13-12-20-10-11-23(30)22(17-20)26(31)28-14-6-3-7-15-28;1-2-4-6-5-3-1/h4-5,8-11,17,21,27,29-30H,2-3,6-7,12-16,18-19H2,1H3;6H,1-5H2. The molecule has 8 nitrogen and oxygen atoms in total. The molecule has 39 heavy (non-hydrogen) atoms. The Morgan fingerprint density at radius 2 is 1.69 bits per heavy atom. The van der Waals surface area contributed by atoms with Gasteiger partial charge in [0.05, 0.1) is 12.2 Å². The van der Waals surface area contributed by atoms with Crippen molar-refractivity contribution in [3.05, 3.63) is 53.6 Å². The van der Waals surface area contributed by atoms with Crippen molar-refractivity contribution in [1.29, 1.82) is 0 Å². The zero-order valence-electron chi connectivity index (χ0n) is 23.5. The van der Waals surface area contributed by atoms with E-state index in [0.29, 0.717) is 43.2 Å². The van der Waals surface area contributed by atoms with Crippen molar-refractivity contribution in [1.82, 2.24) is 15.5 Å². The monoisotopic (exact) mass is 541 g/mol. The molecule has 4 N–H and O–H groups in total. The fraction of sp³-hybridized carbons (Fsp3) is 0.581. The summed E-state index contributed by atoms with van der Waals surface area (Å²) in [6, 6.07) is 12.7. The first-order valence-corrected chi connectivity index (χ1v) is 14.6. The van der Waals surface area contributed by atoms with Crippen molar-refractivity contribution in [2.24, 2.45) is 0 Å². The lowest BCUT2D eigenvalue weighted by Gasteiger charge is -2.27. The Labute approximate surface area is 233 Å². The lowest BCUT2D eigenvalue weighted by atomic mass is 10.0. The SMILES string of the molecule is C1CCNCC1.CCCOc1ccccc1OCC(O)CNCCc1ccc(O)c(C(=O)N2CCCCC2)c1. The molecule has 1 atom stereocenters. The molecule has 0 bridgehead atoms. The number of aliphatic hydroxyl groups is 1. The molecule has 0 spiro atoms. The summed E-state index contributed by atoms with van der Waals surface area (Å²) in [5, 5.41) is 27.0. The minimum atomic E-state index is -0.666. The highest BCUT2D eigenvalue weighted by atomic mass is 16.5. The average molecular weight is 542 g/mol. The number of phenolic OH excluding ortho intramolecular Hbond substituents is 1. The summed E-state index contributed by atoms with van der Waals surface area (Å²) < 4.78 is 11.4. The highest BCUT2D eigenvalue weighted by Gasteiger charge is 2.21. The number of hydrogen-bond donors (Lipinski definition) is 4. The molecule has 4 rings (SSSR count). The van der Waals surface area contributed by atoms with Crippen LogP contribution in [0.25, 0.3) is 0 Å². The largest absolute Gasteiger partial charge is 0.507 e. The zero-order valence-corrected chi connectivity index (χ0v) is 23.5. The van der Waals surface area contributed by atoms with E-state index in [0.717, 1.165) is 44.3 Å². The van der Waals surface area contributed by atoms with Crippen LogP contribution in [0.15, 0.2) is 42.5 Å². The lowest BCUT2D eigenvalue weighted by Crippen LogP contribution is -2.35. The summed E-state index contributed by atoms with van der Waals surface area (Å²) in [6.45, 7) is 7.84. The number of amides is 1. The molecule has 2 heterocycles. The molecule has 0 aromatic heterocycles. The van der Waals surface area contributed by atoms with E-state index in [4.69, 9.17) is 9.47 Å². The maximum absolute atomic E-state index is 12.8. The van der Waals surface area contributed by atoms with Gasteiger partial charge in [0.25, 0.3) is 5.91 Å². The number of aliphatic hydroxyl groups excluding tert-OH is 1. The van der Waals surface area contributed by atoms with Crippen LogP contribution in [-0.2, 0) is 6.42 Å². The van der Waals surface area contributed by atoms with E-state index >= 15 is 0 Å². The summed E-state index contributed by atoms with van der Waals surface area (Å²) in [5.74, 6) is 1.23. The molecule has 0 radical (unpaired) electrons. The van der Waals surface area contributed by atoms with Crippen LogP contribution in [0.3, 0.4) is 0 Å². The van der Waals surface area contributed by atoms with Crippen LogP contribution in [0.2, 0.25) is 0 Å². The molecule has 1 unspecified atom stereocenters. The first kappa shape index (κ1) is 30.7. The van der Waals surface area contributed by atoms with Gasteiger partial charge in [-0.15, -0.1) is 0 Å². The number of aromatic hydroxyl groups is 1. The molecule has 8 heteroatoms. The Bertz CT molecular complexity index is 965. The molecule has 2 aliphatic heterocycles. The predicted octanol–water partition coefficient (Wildman–Crippen LogP) is 4.14. The lowest BCUT2D eigenvalue weighted by molar-refractivity contribution is 0.0721. The van der Waals surface area contributed by atoms with Crippen LogP contribution >= 0.6 is 0 Å². The van der Waals surface area contributed by atoms with Gasteiger partial charge < -0.3 is 35.2 Å². The van der Waals surface area contributed by atoms with E-state index in [9.17, 15) is 15.0 Å². The number of benzene rings is 2. The molecule has 2 aromatic carbocycles. The van der Waals surface area contributed by atoms with E-state index < -0.39 is 6.10 Å². The number of nitrogens with one attached hydrogen (secondary N) is 2. The van der Waals surface area contributed by atoms with Crippen molar-refractivity contribution < 1.29 is 24.5 Å². The molecule has 216 valence electrons. The molecule has 0 saturated carbocycles. The highest BCUT2D eigenvalue weighted by Crippen LogP contribution is 2.26. The number of ether oxygens (including phenoxy) is 2. The third kappa shape index (κ3) is 11.1. The van der Waals surface area contributed by atoms with E-state index in [1.54, 1.807) is 12.1 Å². The summed E-state index contributed by atoms with van der Waals surface area (Å²) >= 11 is 0. The Balaban J connectivity index is 0.000000617. The van der Waals surface area contributed by atoms with Gasteiger partial charge >= 0.3 is 0 Å². The smallest absolute Gasteiger partial charge is 0.257 e. The number of para-hydroxylation sites is 2. The average Bonchev–Trinajstić information content (AvgIpc) is 2.99. The topological polar surface area (TPSA) is 103 Å². The predicted molar refractivity (Wildman–Crippen MR) is 155 cm³/mol. The van der Waals surface area contributed by atoms with E-state index in [1.165, 1.54) is 32.4 Å². The minimum absolute atomic E-state index is 0.0260. The van der Waals surface area contributed by atoms with E-state index in [2.05, 4.69) is 10.6 Å². The Morgan fingerprint density at radius 1 is 1.00 bits per heavy atom. The van der Waals surface area contributed by atoms with Crippen molar-refractivity contribution in [2.75, 3.05) is 52.5 Å². The zero-order chi connectivity index (χ0) is 27.7. The van der Waals surface area contributed by atoms with Gasteiger partial charge in [-0.1, -0.05) is 31.5 Å². The quantitative estimate of drug-likeness (QED) is 0.300. The molecule has 0 aliphatic carbocycles. The number of hydrogen-bond acceptors (Lipinski definition) is 7. The van der Waals surface area contributed by atoms with Gasteiger partial charge in [0, 0.05) is 19.6 Å². The van der Waals surface area contributed by atoms with Gasteiger partial charge in [-0.2, -0.15) is 0 Å². The third-order valence-electron chi connectivity index (χ3n) is 6.85. The second-order valence-electron chi connectivity index (χ2n) is 10.2. The number of nitrogens with zero attached hydrogens (tertiary/aromatic N) is 1. The number of carbonyl (C=O) groups excluding carboxylic acids is 1. The second kappa shape index (κ2) is 17.7. The molecule has 1 amide bonds. The molecule has 2 saturated heterocycles. The minimum Gasteiger partial charge on any atom is -0.507 e. The van der Waals surface area contributed by atoms with Crippen molar-refractivity contribution in [2.45, 2.75) is 64.4 Å². The summed E-state index contributed by atoms with van der Waals surface area (Å²) in [4.78, 5) is 14.6. The molecule has 2 fully saturated rings. The molecular formula is C31H47N3O5. The maximum atomic E-state index is 12.8. The van der Waals surface area contributed by atoms with Gasteiger partial charge in [0.2, 0.25) is 0 Å². The first-order valence-electron chi connectivity index (χ1n) is 14.6. The van der Waals surface area contributed by atoms with Gasteiger partial charge in [-0.25, -0.2) is 0 Å². The normalized spacial score (nSPS) is 16.1. The number of likely N-dealkylation sites (tertiary alicyclic amines) is 1. The second-order valence-corrected chi connectivity index (χ2v) is 10.2. The number of rotatable bonds is 12. The fourth-order valence-corrected chi connectivity index (χ4v) is 4.63. The van der Waals surface area contributed by atoms with Crippen LogP contribution < -0.4 is 20.1 Å². The number of phenols is 1. The van der Waals surface area contributed by atoms with Crippen molar-refractivity contribution >= 4 is 5.91 Å².